The molecule has 0 aromatic heterocycles. The van der Waals surface area contributed by atoms with Gasteiger partial charge in [-0.2, -0.15) is 0 Å². The van der Waals surface area contributed by atoms with Gasteiger partial charge in [-0.3, -0.25) is 4.79 Å². The second-order valence-corrected chi connectivity index (χ2v) is 4.04. The lowest BCUT2D eigenvalue weighted by atomic mass is 9.96. The molecular weight excluding hydrogens is 212 g/mol. The van der Waals surface area contributed by atoms with Crippen LogP contribution in [0.1, 0.15) is 18.5 Å². The molecule has 0 aliphatic carbocycles. The van der Waals surface area contributed by atoms with Gasteiger partial charge in [0.25, 0.3) is 0 Å². The standard InChI is InChI=1S/C11H13ClN2O/c1-7-9(14-12)10(13-11(7)15)8-5-3-2-4-6-8/h2-7,9-10,14H,1H3,(H,13,15)/t7-,9?,10+/m0/s1. The molecule has 80 valence electrons. The van der Waals surface area contributed by atoms with E-state index < -0.39 is 0 Å². The molecule has 1 saturated heterocycles. The number of nitrogens with one attached hydrogen (secondary N) is 2. The Morgan fingerprint density at radius 1 is 1.33 bits per heavy atom. The third-order valence-electron chi connectivity index (χ3n) is 2.89. The van der Waals surface area contributed by atoms with E-state index >= 15 is 0 Å². The van der Waals surface area contributed by atoms with Gasteiger partial charge in [-0.05, 0) is 17.3 Å². The van der Waals surface area contributed by atoms with Gasteiger partial charge in [0.05, 0.1) is 18.0 Å². The normalized spacial score (nSPS) is 30.3. The van der Waals surface area contributed by atoms with Gasteiger partial charge in [0.15, 0.2) is 0 Å². The van der Waals surface area contributed by atoms with Crippen molar-refractivity contribution in [2.45, 2.75) is 19.0 Å². The number of carbonyl (C=O) groups is 1. The number of amides is 1. The number of benzene rings is 1. The smallest absolute Gasteiger partial charge is 0.225 e. The van der Waals surface area contributed by atoms with Crippen LogP contribution in [0.4, 0.5) is 0 Å². The molecule has 1 unspecified atom stereocenters. The summed E-state index contributed by atoms with van der Waals surface area (Å²) in [7, 11) is 0. The first-order chi connectivity index (χ1) is 7.24. The molecule has 0 spiro atoms. The highest BCUT2D eigenvalue weighted by atomic mass is 35.5. The van der Waals surface area contributed by atoms with Gasteiger partial charge in [0.1, 0.15) is 0 Å². The molecule has 1 aromatic carbocycles. The van der Waals surface area contributed by atoms with Gasteiger partial charge in [-0.15, -0.1) is 0 Å². The maximum atomic E-state index is 11.5. The van der Waals surface area contributed by atoms with Crippen molar-refractivity contribution in [2.75, 3.05) is 0 Å². The Hall–Kier alpha value is -1.06. The molecule has 2 N–H and O–H groups in total. The molecule has 1 aliphatic rings. The van der Waals surface area contributed by atoms with Gasteiger partial charge >= 0.3 is 0 Å². The Morgan fingerprint density at radius 2 is 2.00 bits per heavy atom. The topological polar surface area (TPSA) is 41.1 Å². The van der Waals surface area contributed by atoms with Crippen LogP contribution in [0.15, 0.2) is 30.3 Å². The van der Waals surface area contributed by atoms with Crippen molar-refractivity contribution in [1.82, 2.24) is 10.2 Å². The van der Waals surface area contributed by atoms with Gasteiger partial charge in [-0.25, -0.2) is 4.84 Å². The summed E-state index contributed by atoms with van der Waals surface area (Å²) in [5, 5.41) is 2.94. The molecule has 2 rings (SSSR count). The Labute approximate surface area is 93.9 Å². The van der Waals surface area contributed by atoms with E-state index in [1.807, 2.05) is 37.3 Å². The Balaban J connectivity index is 2.27. The van der Waals surface area contributed by atoms with Crippen LogP contribution in [-0.4, -0.2) is 11.9 Å². The molecule has 4 heteroatoms. The van der Waals surface area contributed by atoms with Crippen LogP contribution in [0.2, 0.25) is 0 Å². The molecule has 1 heterocycles. The van der Waals surface area contributed by atoms with Gasteiger partial charge < -0.3 is 5.32 Å². The minimum Gasteiger partial charge on any atom is -0.347 e. The zero-order valence-electron chi connectivity index (χ0n) is 8.41. The summed E-state index contributed by atoms with van der Waals surface area (Å²) < 4.78 is 0. The highest BCUT2D eigenvalue weighted by Crippen LogP contribution is 2.28. The molecule has 0 saturated carbocycles. The zero-order chi connectivity index (χ0) is 10.8. The van der Waals surface area contributed by atoms with Crippen LogP contribution in [0.25, 0.3) is 0 Å². The molecule has 15 heavy (non-hydrogen) atoms. The molecule has 1 aliphatic heterocycles. The minimum atomic E-state index is -0.104. The molecular formula is C11H13ClN2O. The van der Waals surface area contributed by atoms with Gasteiger partial charge in [0, 0.05) is 0 Å². The number of hydrogen-bond acceptors (Lipinski definition) is 2. The summed E-state index contributed by atoms with van der Waals surface area (Å²) >= 11 is 5.67. The van der Waals surface area contributed by atoms with Crippen molar-refractivity contribution in [3.8, 4) is 0 Å². The first-order valence-corrected chi connectivity index (χ1v) is 5.33. The van der Waals surface area contributed by atoms with Crippen molar-refractivity contribution in [3.63, 3.8) is 0 Å². The van der Waals surface area contributed by atoms with E-state index in [0.717, 1.165) is 5.56 Å². The largest absolute Gasteiger partial charge is 0.347 e. The van der Waals surface area contributed by atoms with E-state index in [1.54, 1.807) is 0 Å². The summed E-state index contributed by atoms with van der Waals surface area (Å²) in [6, 6.07) is 9.75. The lowest BCUT2D eigenvalue weighted by molar-refractivity contribution is -0.122. The van der Waals surface area contributed by atoms with Crippen LogP contribution in [0, 0.1) is 5.92 Å². The molecule has 0 bridgehead atoms. The van der Waals surface area contributed by atoms with Crippen molar-refractivity contribution < 1.29 is 4.79 Å². The maximum Gasteiger partial charge on any atom is 0.225 e. The average molecular weight is 225 g/mol. The fourth-order valence-corrected chi connectivity index (χ4v) is 2.25. The van der Waals surface area contributed by atoms with Crippen molar-refractivity contribution in [1.29, 1.82) is 0 Å². The van der Waals surface area contributed by atoms with E-state index in [2.05, 4.69) is 10.2 Å². The van der Waals surface area contributed by atoms with E-state index in [0.29, 0.717) is 0 Å². The Kier molecular flexibility index (Phi) is 2.93. The Bertz CT molecular complexity index is 355. The van der Waals surface area contributed by atoms with Crippen LogP contribution in [-0.2, 0) is 4.79 Å². The van der Waals surface area contributed by atoms with Crippen LogP contribution in [0.3, 0.4) is 0 Å². The number of rotatable bonds is 2. The Morgan fingerprint density at radius 3 is 2.60 bits per heavy atom. The van der Waals surface area contributed by atoms with Crippen LogP contribution in [0.5, 0.6) is 0 Å². The predicted molar refractivity (Wildman–Crippen MR) is 59.3 cm³/mol. The molecule has 0 radical (unpaired) electrons. The summed E-state index contributed by atoms with van der Waals surface area (Å²) in [5.74, 6) is -0.0605. The summed E-state index contributed by atoms with van der Waals surface area (Å²) in [4.78, 5) is 14.2. The number of carbonyl (C=O) groups excluding carboxylic acids is 1. The van der Waals surface area contributed by atoms with Crippen LogP contribution < -0.4 is 10.2 Å². The van der Waals surface area contributed by atoms with E-state index in [9.17, 15) is 4.79 Å². The summed E-state index contributed by atoms with van der Waals surface area (Å²) in [6.45, 7) is 1.87. The predicted octanol–water partition coefficient (Wildman–Crippen LogP) is 1.61. The summed E-state index contributed by atoms with van der Waals surface area (Å²) in [6.07, 6.45) is 0. The monoisotopic (exact) mass is 224 g/mol. The van der Waals surface area contributed by atoms with E-state index in [4.69, 9.17) is 11.8 Å². The first-order valence-electron chi connectivity index (χ1n) is 4.95. The van der Waals surface area contributed by atoms with Crippen LogP contribution >= 0.6 is 11.8 Å². The minimum absolute atomic E-state index is 0.0359. The second kappa shape index (κ2) is 4.21. The van der Waals surface area contributed by atoms with Gasteiger partial charge in [0.2, 0.25) is 5.91 Å². The lowest BCUT2D eigenvalue weighted by Gasteiger charge is -2.19. The van der Waals surface area contributed by atoms with Crippen molar-refractivity contribution in [2.24, 2.45) is 5.92 Å². The highest BCUT2D eigenvalue weighted by Gasteiger charge is 2.39. The SMILES string of the molecule is C[C@@H]1C(=O)N[C@H](c2ccccc2)C1NCl. The van der Waals surface area contributed by atoms with Crippen molar-refractivity contribution >= 4 is 17.7 Å². The fraction of sp³-hybridized carbons (Fsp3) is 0.364. The molecule has 3 nitrogen and oxygen atoms in total. The van der Waals surface area contributed by atoms with Gasteiger partial charge in [-0.1, -0.05) is 37.3 Å². The lowest BCUT2D eigenvalue weighted by Crippen LogP contribution is -2.31. The quantitative estimate of drug-likeness (QED) is 0.750. The van der Waals surface area contributed by atoms with Crippen molar-refractivity contribution in [3.05, 3.63) is 35.9 Å². The third kappa shape index (κ3) is 1.85. The van der Waals surface area contributed by atoms with E-state index in [-0.39, 0.29) is 23.9 Å². The zero-order valence-corrected chi connectivity index (χ0v) is 9.16. The maximum absolute atomic E-state index is 11.5. The summed E-state index contributed by atoms with van der Waals surface area (Å²) in [5.41, 5.74) is 1.08. The third-order valence-corrected chi connectivity index (χ3v) is 3.15. The molecule has 1 amide bonds. The molecule has 3 atom stereocenters. The average Bonchev–Trinajstić information content (AvgIpc) is 2.56. The molecule has 1 fully saturated rings. The molecule has 1 aromatic rings. The number of hydrogen-bond donors (Lipinski definition) is 2. The first kappa shape index (κ1) is 10.5. The number of halogens is 1. The second-order valence-electron chi connectivity index (χ2n) is 3.82. The highest BCUT2D eigenvalue weighted by molar-refractivity contribution is 6.14. The van der Waals surface area contributed by atoms with E-state index in [1.165, 1.54) is 0 Å². The fourth-order valence-electron chi connectivity index (χ4n) is 1.93.